The molecule has 2 fully saturated rings. The molecule has 1 N–H and O–H groups in total. The molecule has 0 bridgehead atoms. The van der Waals surface area contributed by atoms with Gasteiger partial charge in [0.15, 0.2) is 0 Å². The maximum absolute atomic E-state index is 6.27. The average Bonchev–Trinajstić information content (AvgIpc) is 2.96. The first-order valence-corrected chi connectivity index (χ1v) is 9.18. The molecular weight excluding hydrogens is 246 g/mol. The Morgan fingerprint density at radius 3 is 2.45 bits per heavy atom. The highest BCUT2D eigenvalue weighted by molar-refractivity contribution is 5.09. The Morgan fingerprint density at radius 1 is 1.00 bits per heavy atom. The predicted molar refractivity (Wildman–Crippen MR) is 86.1 cm³/mol. The summed E-state index contributed by atoms with van der Waals surface area (Å²) in [6.07, 6.45) is 15.4. The van der Waals surface area contributed by atoms with Gasteiger partial charge in [0.05, 0.1) is 6.10 Å². The minimum Gasteiger partial charge on any atom is -0.378 e. The lowest BCUT2D eigenvalue weighted by Crippen LogP contribution is -2.62. The minimum atomic E-state index is 0.512. The fourth-order valence-corrected chi connectivity index (χ4v) is 4.22. The fraction of sp³-hybridized carbons (Fsp3) is 1.00. The molecule has 0 aliphatic heterocycles. The molecule has 2 saturated carbocycles. The van der Waals surface area contributed by atoms with Gasteiger partial charge in [0, 0.05) is 18.1 Å². The van der Waals surface area contributed by atoms with E-state index >= 15 is 0 Å². The van der Waals surface area contributed by atoms with E-state index in [1.54, 1.807) is 0 Å². The summed E-state index contributed by atoms with van der Waals surface area (Å²) in [5.74, 6) is 0. The third-order valence-electron chi connectivity index (χ3n) is 5.53. The molecule has 20 heavy (non-hydrogen) atoms. The van der Waals surface area contributed by atoms with Crippen molar-refractivity contribution in [3.8, 4) is 0 Å². The van der Waals surface area contributed by atoms with Crippen LogP contribution in [0.4, 0.5) is 0 Å². The van der Waals surface area contributed by atoms with E-state index in [0.717, 1.165) is 12.6 Å². The van der Waals surface area contributed by atoms with Crippen LogP contribution in [0.2, 0.25) is 0 Å². The lowest BCUT2D eigenvalue weighted by molar-refractivity contribution is -0.133. The van der Waals surface area contributed by atoms with Gasteiger partial charge in [-0.1, -0.05) is 52.4 Å². The van der Waals surface area contributed by atoms with Crippen molar-refractivity contribution in [3.05, 3.63) is 0 Å². The molecule has 2 unspecified atom stereocenters. The molecule has 2 aliphatic rings. The van der Waals surface area contributed by atoms with Crippen molar-refractivity contribution in [3.63, 3.8) is 0 Å². The van der Waals surface area contributed by atoms with Crippen LogP contribution in [0, 0.1) is 5.41 Å². The van der Waals surface area contributed by atoms with E-state index < -0.39 is 0 Å². The summed E-state index contributed by atoms with van der Waals surface area (Å²) in [5.41, 5.74) is 0.512. The molecule has 0 aromatic rings. The van der Waals surface area contributed by atoms with Crippen LogP contribution < -0.4 is 5.32 Å². The van der Waals surface area contributed by atoms with Gasteiger partial charge in [-0.2, -0.15) is 0 Å². The Balaban J connectivity index is 1.67. The van der Waals surface area contributed by atoms with Gasteiger partial charge in [0.25, 0.3) is 0 Å². The summed E-state index contributed by atoms with van der Waals surface area (Å²) in [5, 5.41) is 3.77. The van der Waals surface area contributed by atoms with E-state index in [1.165, 1.54) is 77.2 Å². The summed E-state index contributed by atoms with van der Waals surface area (Å²) in [7, 11) is 0. The van der Waals surface area contributed by atoms with E-state index in [-0.39, 0.29) is 0 Å². The van der Waals surface area contributed by atoms with Crippen molar-refractivity contribution in [2.75, 3.05) is 13.2 Å². The normalized spacial score (nSPS) is 27.9. The standard InChI is InChI=1S/C18H35NO/c1-3-5-6-7-10-14-20-17-15-16(19-13-4-2)18(17)11-8-9-12-18/h16-17,19H,3-15H2,1-2H3. The summed E-state index contributed by atoms with van der Waals surface area (Å²) in [6, 6.07) is 0.745. The van der Waals surface area contributed by atoms with Crippen molar-refractivity contribution in [2.45, 2.75) is 96.6 Å². The van der Waals surface area contributed by atoms with Crippen molar-refractivity contribution < 1.29 is 4.74 Å². The molecule has 0 aromatic carbocycles. The van der Waals surface area contributed by atoms with Crippen molar-refractivity contribution in [1.29, 1.82) is 0 Å². The molecule has 2 atom stereocenters. The summed E-state index contributed by atoms with van der Waals surface area (Å²) < 4.78 is 6.27. The predicted octanol–water partition coefficient (Wildman–Crippen LogP) is 4.67. The van der Waals surface area contributed by atoms with Crippen LogP contribution in [0.1, 0.15) is 84.5 Å². The number of nitrogens with one attached hydrogen (secondary N) is 1. The van der Waals surface area contributed by atoms with Gasteiger partial charge >= 0.3 is 0 Å². The molecule has 2 heteroatoms. The van der Waals surface area contributed by atoms with E-state index in [9.17, 15) is 0 Å². The second kappa shape index (κ2) is 8.38. The smallest absolute Gasteiger partial charge is 0.0661 e. The topological polar surface area (TPSA) is 21.3 Å². The first-order chi connectivity index (χ1) is 9.83. The van der Waals surface area contributed by atoms with Crippen LogP contribution >= 0.6 is 0 Å². The monoisotopic (exact) mass is 281 g/mol. The van der Waals surface area contributed by atoms with Crippen LogP contribution in [0.3, 0.4) is 0 Å². The van der Waals surface area contributed by atoms with Crippen molar-refractivity contribution in [2.24, 2.45) is 5.41 Å². The highest BCUT2D eigenvalue weighted by atomic mass is 16.5. The third kappa shape index (κ3) is 3.76. The molecule has 0 heterocycles. The molecule has 2 aliphatic carbocycles. The third-order valence-corrected chi connectivity index (χ3v) is 5.53. The zero-order valence-corrected chi connectivity index (χ0v) is 13.8. The largest absolute Gasteiger partial charge is 0.378 e. The van der Waals surface area contributed by atoms with Gasteiger partial charge in [0.1, 0.15) is 0 Å². The van der Waals surface area contributed by atoms with Gasteiger partial charge < -0.3 is 10.1 Å². The zero-order valence-electron chi connectivity index (χ0n) is 13.8. The SMILES string of the molecule is CCCCCCCOC1CC(NCCC)C12CCCC2. The van der Waals surface area contributed by atoms with Crippen molar-refractivity contribution >= 4 is 0 Å². The first kappa shape index (κ1) is 16.3. The second-order valence-electron chi connectivity index (χ2n) is 6.96. The number of ether oxygens (including phenoxy) is 1. The van der Waals surface area contributed by atoms with Crippen LogP contribution in [0.5, 0.6) is 0 Å². The first-order valence-electron chi connectivity index (χ1n) is 9.18. The number of hydrogen-bond acceptors (Lipinski definition) is 2. The number of rotatable bonds is 10. The Morgan fingerprint density at radius 2 is 1.75 bits per heavy atom. The number of hydrogen-bond donors (Lipinski definition) is 1. The lowest BCUT2D eigenvalue weighted by Gasteiger charge is -2.54. The van der Waals surface area contributed by atoms with Gasteiger partial charge in [-0.3, -0.25) is 0 Å². The molecule has 118 valence electrons. The van der Waals surface area contributed by atoms with Crippen molar-refractivity contribution in [1.82, 2.24) is 5.32 Å². The molecule has 2 rings (SSSR count). The molecule has 0 saturated heterocycles. The summed E-state index contributed by atoms with van der Waals surface area (Å²) in [6.45, 7) is 6.71. The molecular formula is C18H35NO. The highest BCUT2D eigenvalue weighted by Gasteiger charge is 2.56. The quantitative estimate of drug-likeness (QED) is 0.587. The van der Waals surface area contributed by atoms with Gasteiger partial charge in [-0.25, -0.2) is 0 Å². The Kier molecular flexibility index (Phi) is 6.83. The molecule has 0 radical (unpaired) electrons. The molecule has 0 aromatic heterocycles. The molecule has 0 amide bonds. The van der Waals surface area contributed by atoms with E-state index in [2.05, 4.69) is 19.2 Å². The van der Waals surface area contributed by atoms with Crippen LogP contribution in [-0.4, -0.2) is 25.3 Å². The molecule has 1 spiro atoms. The Hall–Kier alpha value is -0.0800. The van der Waals surface area contributed by atoms with E-state index in [1.807, 2.05) is 0 Å². The Bertz CT molecular complexity index is 260. The highest BCUT2D eigenvalue weighted by Crippen LogP contribution is 2.54. The van der Waals surface area contributed by atoms with Gasteiger partial charge in [-0.15, -0.1) is 0 Å². The van der Waals surface area contributed by atoms with Crippen LogP contribution in [-0.2, 0) is 4.74 Å². The van der Waals surface area contributed by atoms with Crippen LogP contribution in [0.25, 0.3) is 0 Å². The average molecular weight is 281 g/mol. The summed E-state index contributed by atoms with van der Waals surface area (Å²) in [4.78, 5) is 0. The maximum atomic E-state index is 6.27. The zero-order chi connectivity index (χ0) is 14.3. The van der Waals surface area contributed by atoms with E-state index in [0.29, 0.717) is 11.5 Å². The number of unbranched alkanes of at least 4 members (excludes halogenated alkanes) is 4. The second-order valence-corrected chi connectivity index (χ2v) is 6.96. The Labute approximate surface area is 126 Å². The summed E-state index contributed by atoms with van der Waals surface area (Å²) >= 11 is 0. The van der Waals surface area contributed by atoms with Crippen LogP contribution in [0.15, 0.2) is 0 Å². The minimum absolute atomic E-state index is 0.512. The fourth-order valence-electron chi connectivity index (χ4n) is 4.22. The molecule has 2 nitrogen and oxygen atoms in total. The maximum Gasteiger partial charge on any atom is 0.0661 e. The lowest BCUT2D eigenvalue weighted by atomic mass is 9.60. The van der Waals surface area contributed by atoms with E-state index in [4.69, 9.17) is 4.74 Å². The van der Waals surface area contributed by atoms with Gasteiger partial charge in [-0.05, 0) is 38.6 Å². The van der Waals surface area contributed by atoms with Gasteiger partial charge in [0.2, 0.25) is 0 Å².